The maximum Gasteiger partial charge on any atom is 0.355 e. The van der Waals surface area contributed by atoms with Gasteiger partial charge in [-0.3, -0.25) is 10.5 Å². The Balaban J connectivity index is 0.00000225. The molecule has 0 aliphatic heterocycles. The lowest BCUT2D eigenvalue weighted by molar-refractivity contribution is -0.667. The quantitative estimate of drug-likeness (QED) is 0.441. The molecule has 0 spiro atoms. The van der Waals surface area contributed by atoms with Gasteiger partial charge in [-0.2, -0.15) is 0 Å². The molecule has 25 heavy (non-hydrogen) atoms. The number of nitrogens with zero attached hydrogens (tertiary/aromatic N) is 2. The first-order valence-electron chi connectivity index (χ1n) is 7.35. The minimum absolute atomic E-state index is 0. The number of rotatable bonds is 4. The van der Waals surface area contributed by atoms with E-state index in [1.807, 2.05) is 42.1 Å². The predicted octanol–water partition coefficient (Wildman–Crippen LogP) is 0.865. The highest BCUT2D eigenvalue weighted by molar-refractivity contribution is 9.10. The normalized spacial score (nSPS) is 10.4. The fourth-order valence-corrected chi connectivity index (χ4v) is 3.07. The van der Waals surface area contributed by atoms with E-state index in [1.54, 1.807) is 28.8 Å². The van der Waals surface area contributed by atoms with Crippen LogP contribution in [0.4, 0.5) is 5.95 Å². The number of imidazole rings is 1. The fraction of sp³-hybridized carbons (Fsp3) is 0.111. The molecule has 0 unspecified atom stereocenters. The number of hydrogen-bond donors (Lipinski definition) is 1. The lowest BCUT2D eigenvalue weighted by atomic mass is 10.1. The number of hydrogen-bond acceptors (Lipinski definition) is 2. The molecule has 130 valence electrons. The second kappa shape index (κ2) is 8.17. The molecule has 0 aliphatic carbocycles. The van der Waals surface area contributed by atoms with Crippen LogP contribution in [-0.2, 0) is 13.6 Å². The van der Waals surface area contributed by atoms with Crippen LogP contribution in [0.2, 0.25) is 5.02 Å². The van der Waals surface area contributed by atoms with Gasteiger partial charge in [0.15, 0.2) is 5.78 Å². The number of nitrogens with two attached hydrogens (primary N) is 1. The summed E-state index contributed by atoms with van der Waals surface area (Å²) in [4.78, 5) is 12.5. The Hall–Kier alpha value is -1.63. The minimum Gasteiger partial charge on any atom is -1.00 e. The lowest BCUT2D eigenvalue weighted by Crippen LogP contribution is -3.00. The van der Waals surface area contributed by atoms with Gasteiger partial charge >= 0.3 is 5.95 Å². The zero-order valence-electron chi connectivity index (χ0n) is 13.4. The van der Waals surface area contributed by atoms with Crippen molar-refractivity contribution in [3.63, 3.8) is 0 Å². The monoisotopic (exact) mass is 483 g/mol. The zero-order valence-corrected chi connectivity index (χ0v) is 17.3. The molecule has 0 bridgehead atoms. The van der Waals surface area contributed by atoms with Crippen LogP contribution in [0.5, 0.6) is 0 Å². The molecule has 3 rings (SSSR count). The van der Waals surface area contributed by atoms with Crippen molar-refractivity contribution >= 4 is 39.3 Å². The SMILES string of the molecule is Cn1c(-c2cccc(Br)c2)c[n+](CC(=O)c2ccc(Cl)cc2)c1N.[Br-]. The van der Waals surface area contributed by atoms with Crippen molar-refractivity contribution in [1.82, 2.24) is 4.57 Å². The molecule has 7 heteroatoms. The molecule has 0 amide bonds. The Bertz CT molecular complexity index is 907. The molecular formula is C18H16Br2ClN3O. The summed E-state index contributed by atoms with van der Waals surface area (Å²) in [7, 11) is 1.88. The summed E-state index contributed by atoms with van der Waals surface area (Å²) in [5, 5.41) is 0.607. The third-order valence-electron chi connectivity index (χ3n) is 3.88. The number of carbonyl (C=O) groups is 1. The minimum atomic E-state index is -0.0187. The Morgan fingerprint density at radius 3 is 2.56 bits per heavy atom. The van der Waals surface area contributed by atoms with Crippen LogP contribution in [0.25, 0.3) is 11.3 Å². The molecule has 3 aromatic rings. The van der Waals surface area contributed by atoms with Crippen LogP contribution in [-0.4, -0.2) is 10.4 Å². The van der Waals surface area contributed by atoms with Crippen molar-refractivity contribution in [3.05, 3.63) is 69.8 Å². The van der Waals surface area contributed by atoms with E-state index < -0.39 is 0 Å². The van der Waals surface area contributed by atoms with Crippen LogP contribution in [0.15, 0.2) is 59.2 Å². The molecule has 0 atom stereocenters. The van der Waals surface area contributed by atoms with Crippen molar-refractivity contribution in [1.29, 1.82) is 0 Å². The third-order valence-corrected chi connectivity index (χ3v) is 4.62. The van der Waals surface area contributed by atoms with Gasteiger partial charge in [-0.25, -0.2) is 9.13 Å². The zero-order chi connectivity index (χ0) is 17.3. The van der Waals surface area contributed by atoms with Crippen LogP contribution >= 0.6 is 27.5 Å². The first-order valence-corrected chi connectivity index (χ1v) is 8.52. The van der Waals surface area contributed by atoms with E-state index >= 15 is 0 Å². The molecule has 0 saturated heterocycles. The van der Waals surface area contributed by atoms with E-state index in [0.717, 1.165) is 15.7 Å². The fourth-order valence-electron chi connectivity index (χ4n) is 2.54. The number of Topliss-reactive ketones (excluding diaryl/α,β-unsaturated/α-hetero) is 1. The number of benzene rings is 2. The summed E-state index contributed by atoms with van der Waals surface area (Å²) in [5.74, 6) is 0.502. The standard InChI is InChI=1S/C18H15BrClN3O.BrH/c1-22-16(13-3-2-4-14(19)9-13)10-23(18(22)21)11-17(24)12-5-7-15(20)8-6-12;/h2-10,21H,11H2,1H3;1H. The highest BCUT2D eigenvalue weighted by Gasteiger charge is 2.20. The molecule has 0 radical (unpaired) electrons. The van der Waals surface area contributed by atoms with Crippen LogP contribution in [0.1, 0.15) is 10.4 Å². The van der Waals surface area contributed by atoms with Crippen LogP contribution in [0.3, 0.4) is 0 Å². The Labute approximate surface area is 170 Å². The van der Waals surface area contributed by atoms with E-state index in [1.165, 1.54) is 0 Å². The van der Waals surface area contributed by atoms with E-state index in [9.17, 15) is 4.79 Å². The van der Waals surface area contributed by atoms with Crippen molar-refractivity contribution < 1.29 is 26.3 Å². The smallest absolute Gasteiger partial charge is 0.355 e. The summed E-state index contributed by atoms with van der Waals surface area (Å²) < 4.78 is 4.62. The first kappa shape index (κ1) is 19.7. The molecular weight excluding hydrogens is 469 g/mol. The van der Waals surface area contributed by atoms with Crippen molar-refractivity contribution in [2.45, 2.75) is 6.54 Å². The Kier molecular flexibility index (Phi) is 6.43. The third kappa shape index (κ3) is 4.32. The maximum absolute atomic E-state index is 12.5. The van der Waals surface area contributed by atoms with Crippen molar-refractivity contribution in [2.75, 3.05) is 5.73 Å². The topological polar surface area (TPSA) is 51.9 Å². The lowest BCUT2D eigenvalue weighted by Gasteiger charge is -2.00. The number of anilines is 1. The number of aromatic nitrogens is 2. The Morgan fingerprint density at radius 2 is 1.92 bits per heavy atom. The number of carbonyl (C=O) groups excluding carboxylic acids is 1. The van der Waals surface area contributed by atoms with Gasteiger partial charge in [-0.1, -0.05) is 39.7 Å². The second-order valence-electron chi connectivity index (χ2n) is 5.50. The molecule has 0 aliphatic rings. The first-order chi connectivity index (χ1) is 11.5. The Morgan fingerprint density at radius 1 is 1.24 bits per heavy atom. The predicted molar refractivity (Wildman–Crippen MR) is 98.9 cm³/mol. The highest BCUT2D eigenvalue weighted by Crippen LogP contribution is 2.23. The summed E-state index contributed by atoms with van der Waals surface area (Å²) in [5.41, 5.74) is 8.75. The van der Waals surface area contributed by atoms with E-state index in [2.05, 4.69) is 15.9 Å². The van der Waals surface area contributed by atoms with Crippen molar-refractivity contribution in [2.24, 2.45) is 7.05 Å². The van der Waals surface area contributed by atoms with Gasteiger partial charge in [0.25, 0.3) is 0 Å². The average molecular weight is 486 g/mol. The maximum atomic E-state index is 12.5. The second-order valence-corrected chi connectivity index (χ2v) is 6.85. The van der Waals surface area contributed by atoms with Gasteiger partial charge in [0.2, 0.25) is 0 Å². The van der Waals surface area contributed by atoms with Crippen molar-refractivity contribution in [3.8, 4) is 11.3 Å². The van der Waals surface area contributed by atoms with E-state index in [-0.39, 0.29) is 29.3 Å². The van der Waals surface area contributed by atoms with Gasteiger partial charge in [-0.15, -0.1) is 0 Å². The van der Waals surface area contributed by atoms with Gasteiger partial charge in [0.05, 0.1) is 7.05 Å². The molecule has 4 nitrogen and oxygen atoms in total. The molecule has 1 aromatic heterocycles. The van der Waals surface area contributed by atoms with Crippen LogP contribution in [0, 0.1) is 0 Å². The number of halogens is 3. The van der Waals surface area contributed by atoms with Gasteiger partial charge in [0.1, 0.15) is 18.4 Å². The molecule has 0 saturated carbocycles. The summed E-state index contributed by atoms with van der Waals surface area (Å²) in [6, 6.07) is 14.8. The molecule has 0 fully saturated rings. The number of nitrogen functional groups attached to an aromatic ring is 1. The average Bonchev–Trinajstić information content (AvgIpc) is 2.84. The molecule has 2 N–H and O–H groups in total. The van der Waals surface area contributed by atoms with Gasteiger partial charge < -0.3 is 17.0 Å². The number of ketones is 1. The highest BCUT2D eigenvalue weighted by atomic mass is 79.9. The summed E-state index contributed by atoms with van der Waals surface area (Å²) in [6.45, 7) is 0.176. The van der Waals surface area contributed by atoms with E-state index in [4.69, 9.17) is 17.3 Å². The summed E-state index contributed by atoms with van der Waals surface area (Å²) in [6.07, 6.45) is 1.89. The van der Waals surface area contributed by atoms with E-state index in [0.29, 0.717) is 16.5 Å². The molecule has 2 aromatic carbocycles. The van der Waals surface area contributed by atoms with Gasteiger partial charge in [0, 0.05) is 20.6 Å². The largest absolute Gasteiger partial charge is 1.00 e. The van der Waals surface area contributed by atoms with Crippen LogP contribution < -0.4 is 27.3 Å². The molecule has 1 heterocycles. The summed E-state index contributed by atoms with van der Waals surface area (Å²) >= 11 is 9.34. The van der Waals surface area contributed by atoms with Gasteiger partial charge in [-0.05, 0) is 36.4 Å².